The van der Waals surface area contributed by atoms with Crippen LogP contribution in [0.15, 0.2) is 36.5 Å². The molecule has 1 aliphatic carbocycles. The highest BCUT2D eigenvalue weighted by molar-refractivity contribution is 6.36. The van der Waals surface area contributed by atoms with Crippen LogP contribution in [0, 0.1) is 6.92 Å². The van der Waals surface area contributed by atoms with Gasteiger partial charge in [-0.15, -0.1) is 0 Å². The third-order valence-corrected chi connectivity index (χ3v) is 6.26. The van der Waals surface area contributed by atoms with E-state index in [4.69, 9.17) is 28.2 Å². The second-order valence-corrected chi connectivity index (χ2v) is 8.62. The van der Waals surface area contributed by atoms with Gasteiger partial charge in [0, 0.05) is 40.3 Å². The van der Waals surface area contributed by atoms with E-state index in [2.05, 4.69) is 15.5 Å². The van der Waals surface area contributed by atoms with Crippen LogP contribution < -0.4 is 5.32 Å². The second-order valence-electron chi connectivity index (χ2n) is 7.81. The smallest absolute Gasteiger partial charge is 0.257 e. The molecule has 1 aliphatic rings. The van der Waals surface area contributed by atoms with Crippen molar-refractivity contribution in [2.24, 2.45) is 7.05 Å². The molecular formula is C22H20Cl2N6O. The molecule has 158 valence electrons. The summed E-state index contributed by atoms with van der Waals surface area (Å²) in [6.07, 6.45) is 3.83. The number of fused-ring (bicyclic) bond motifs is 1. The normalized spacial score (nSPS) is 13.7. The Morgan fingerprint density at radius 1 is 1.23 bits per heavy atom. The van der Waals surface area contributed by atoms with Crippen LogP contribution in [-0.2, 0) is 13.6 Å². The molecule has 9 heteroatoms. The molecule has 0 bridgehead atoms. The van der Waals surface area contributed by atoms with Gasteiger partial charge in [0.25, 0.3) is 5.91 Å². The minimum absolute atomic E-state index is 0.225. The maximum absolute atomic E-state index is 13.4. The Balaban J connectivity index is 1.49. The van der Waals surface area contributed by atoms with Crippen molar-refractivity contribution < 1.29 is 4.79 Å². The summed E-state index contributed by atoms with van der Waals surface area (Å²) < 4.78 is 3.40. The Kier molecular flexibility index (Phi) is 4.95. The van der Waals surface area contributed by atoms with Crippen LogP contribution in [0.2, 0.25) is 10.0 Å². The molecule has 3 aromatic heterocycles. The van der Waals surface area contributed by atoms with E-state index in [1.54, 1.807) is 39.8 Å². The predicted octanol–water partition coefficient (Wildman–Crippen LogP) is 4.96. The average molecular weight is 455 g/mol. The van der Waals surface area contributed by atoms with Gasteiger partial charge in [-0.3, -0.25) is 9.48 Å². The molecule has 0 radical (unpaired) electrons. The molecule has 0 unspecified atom stereocenters. The molecule has 1 fully saturated rings. The predicted molar refractivity (Wildman–Crippen MR) is 121 cm³/mol. The first-order chi connectivity index (χ1) is 14.9. The number of aryl methyl sites for hydroxylation is 2. The lowest BCUT2D eigenvalue weighted by atomic mass is 10.1. The molecule has 0 atom stereocenters. The molecule has 7 nitrogen and oxygen atoms in total. The van der Waals surface area contributed by atoms with Crippen LogP contribution >= 0.6 is 23.2 Å². The van der Waals surface area contributed by atoms with Crippen LogP contribution in [0.4, 0.5) is 5.82 Å². The molecule has 1 amide bonds. The van der Waals surface area contributed by atoms with Crippen LogP contribution in [-0.4, -0.2) is 30.5 Å². The molecule has 0 aliphatic heterocycles. The molecular weight excluding hydrogens is 435 g/mol. The number of benzene rings is 1. The average Bonchev–Trinajstić information content (AvgIpc) is 3.44. The van der Waals surface area contributed by atoms with Gasteiger partial charge in [-0.1, -0.05) is 29.3 Å². The first kappa shape index (κ1) is 20.0. The fourth-order valence-electron chi connectivity index (χ4n) is 3.81. The fourth-order valence-corrected chi connectivity index (χ4v) is 4.33. The Morgan fingerprint density at radius 3 is 2.68 bits per heavy atom. The number of amides is 1. The van der Waals surface area contributed by atoms with Crippen LogP contribution in [0.3, 0.4) is 0 Å². The number of anilines is 1. The Morgan fingerprint density at radius 2 is 1.97 bits per heavy atom. The number of pyridine rings is 1. The SMILES string of the molecule is Cc1nn(C)c2nc(C3CC3)cc(C(=O)Nc3ccnn3Cc3c(Cl)cccc3Cl)c12. The van der Waals surface area contributed by atoms with Gasteiger partial charge in [-0.2, -0.15) is 10.2 Å². The molecule has 1 N–H and O–H groups in total. The maximum atomic E-state index is 13.4. The van der Waals surface area contributed by atoms with E-state index in [-0.39, 0.29) is 5.91 Å². The summed E-state index contributed by atoms with van der Waals surface area (Å²) in [6.45, 7) is 2.23. The molecule has 1 saturated carbocycles. The number of rotatable bonds is 5. The monoisotopic (exact) mass is 454 g/mol. The number of aromatic nitrogens is 5. The number of carbonyl (C=O) groups excluding carboxylic acids is 1. The quantitative estimate of drug-likeness (QED) is 0.462. The fraction of sp³-hybridized carbons (Fsp3) is 0.273. The standard InChI is InChI=1S/C22H20Cl2N6O/c1-12-20-14(10-18(13-6-7-13)26-21(20)29(2)28-12)22(31)27-19-8-9-25-30(19)11-15-16(23)4-3-5-17(15)24/h3-5,8-10,13H,6-7,11H2,1-2H3,(H,27,31). The summed E-state index contributed by atoms with van der Waals surface area (Å²) in [4.78, 5) is 18.1. The lowest BCUT2D eigenvalue weighted by molar-refractivity contribution is 0.102. The zero-order chi connectivity index (χ0) is 21.7. The van der Waals surface area contributed by atoms with Gasteiger partial charge in [-0.25, -0.2) is 9.67 Å². The number of nitrogens with one attached hydrogen (secondary N) is 1. The van der Waals surface area contributed by atoms with Gasteiger partial charge in [0.15, 0.2) is 5.65 Å². The van der Waals surface area contributed by atoms with Crippen molar-refractivity contribution in [3.05, 3.63) is 69.1 Å². The third kappa shape index (κ3) is 3.68. The van der Waals surface area contributed by atoms with Crippen molar-refractivity contribution in [1.29, 1.82) is 0 Å². The highest BCUT2D eigenvalue weighted by atomic mass is 35.5. The van der Waals surface area contributed by atoms with E-state index in [0.29, 0.717) is 33.9 Å². The molecule has 4 aromatic rings. The lowest BCUT2D eigenvalue weighted by Gasteiger charge is -2.12. The van der Waals surface area contributed by atoms with E-state index < -0.39 is 0 Å². The Hall–Kier alpha value is -2.90. The van der Waals surface area contributed by atoms with Crippen molar-refractivity contribution in [1.82, 2.24) is 24.5 Å². The highest BCUT2D eigenvalue weighted by Gasteiger charge is 2.28. The number of nitrogens with zero attached hydrogens (tertiary/aromatic N) is 5. The van der Waals surface area contributed by atoms with Crippen molar-refractivity contribution in [3.8, 4) is 0 Å². The lowest BCUT2D eigenvalue weighted by Crippen LogP contribution is -2.17. The molecule has 1 aromatic carbocycles. The van der Waals surface area contributed by atoms with Crippen LogP contribution in [0.25, 0.3) is 11.0 Å². The molecule has 5 rings (SSSR count). The molecule has 0 saturated heterocycles. The summed E-state index contributed by atoms with van der Waals surface area (Å²) in [5, 5.41) is 13.7. The van der Waals surface area contributed by atoms with Crippen molar-refractivity contribution in [2.75, 3.05) is 5.32 Å². The van der Waals surface area contributed by atoms with Crippen LogP contribution in [0.5, 0.6) is 0 Å². The van der Waals surface area contributed by atoms with Gasteiger partial charge < -0.3 is 5.32 Å². The van der Waals surface area contributed by atoms with Gasteiger partial charge >= 0.3 is 0 Å². The zero-order valence-corrected chi connectivity index (χ0v) is 18.6. The number of halogens is 2. The summed E-state index contributed by atoms with van der Waals surface area (Å²) in [5.74, 6) is 0.747. The summed E-state index contributed by atoms with van der Waals surface area (Å²) in [7, 11) is 1.85. The largest absolute Gasteiger partial charge is 0.307 e. The Bertz CT molecular complexity index is 1300. The van der Waals surface area contributed by atoms with Crippen molar-refractivity contribution in [2.45, 2.75) is 32.2 Å². The molecule has 0 spiro atoms. The third-order valence-electron chi connectivity index (χ3n) is 5.56. The summed E-state index contributed by atoms with van der Waals surface area (Å²) in [5.41, 5.74) is 3.76. The van der Waals surface area contributed by atoms with E-state index in [9.17, 15) is 4.79 Å². The highest BCUT2D eigenvalue weighted by Crippen LogP contribution is 2.40. The van der Waals surface area contributed by atoms with Gasteiger partial charge in [0.1, 0.15) is 5.82 Å². The molecule has 31 heavy (non-hydrogen) atoms. The maximum Gasteiger partial charge on any atom is 0.257 e. The van der Waals surface area contributed by atoms with Gasteiger partial charge in [0.2, 0.25) is 0 Å². The van der Waals surface area contributed by atoms with Crippen molar-refractivity contribution in [3.63, 3.8) is 0 Å². The van der Waals surface area contributed by atoms with E-state index in [1.807, 2.05) is 20.0 Å². The summed E-state index contributed by atoms with van der Waals surface area (Å²) in [6, 6.07) is 9.00. The summed E-state index contributed by atoms with van der Waals surface area (Å²) >= 11 is 12.6. The zero-order valence-electron chi connectivity index (χ0n) is 17.1. The van der Waals surface area contributed by atoms with Gasteiger partial charge in [-0.05, 0) is 38.0 Å². The van der Waals surface area contributed by atoms with Crippen molar-refractivity contribution >= 4 is 46.0 Å². The van der Waals surface area contributed by atoms with Gasteiger partial charge in [0.05, 0.1) is 29.4 Å². The van der Waals surface area contributed by atoms with E-state index >= 15 is 0 Å². The number of hydrogen-bond donors (Lipinski definition) is 1. The van der Waals surface area contributed by atoms with Crippen LogP contribution in [0.1, 0.15) is 46.1 Å². The topological polar surface area (TPSA) is 77.6 Å². The minimum Gasteiger partial charge on any atom is -0.307 e. The van der Waals surface area contributed by atoms with E-state index in [1.165, 1.54) is 0 Å². The van der Waals surface area contributed by atoms with E-state index in [0.717, 1.165) is 40.8 Å². The molecule has 3 heterocycles. The Labute approximate surface area is 189 Å². The first-order valence-corrected chi connectivity index (χ1v) is 10.8. The number of hydrogen-bond acceptors (Lipinski definition) is 4. The number of carbonyl (C=O) groups is 1. The minimum atomic E-state index is -0.225. The second kappa shape index (κ2) is 7.66. The first-order valence-electron chi connectivity index (χ1n) is 10.0.